The molecule has 1 aliphatic rings. The van der Waals surface area contributed by atoms with Gasteiger partial charge in [-0.25, -0.2) is 12.7 Å². The quantitative estimate of drug-likeness (QED) is 0.730. The van der Waals surface area contributed by atoms with Crippen LogP contribution in [0.2, 0.25) is 0 Å². The number of hydrogen-bond acceptors (Lipinski definition) is 4. The molecule has 1 aromatic heterocycles. The molecule has 24 heavy (non-hydrogen) atoms. The summed E-state index contributed by atoms with van der Waals surface area (Å²) in [6, 6.07) is 5.88. The molecular weight excluding hydrogens is 414 g/mol. The summed E-state index contributed by atoms with van der Waals surface area (Å²) in [5.41, 5.74) is 0.996. The monoisotopic (exact) mass is 431 g/mol. The zero-order chi connectivity index (χ0) is 17.5. The van der Waals surface area contributed by atoms with E-state index in [1.165, 1.54) is 21.9 Å². The molecule has 0 spiro atoms. The first-order valence-electron chi connectivity index (χ1n) is 7.55. The van der Waals surface area contributed by atoms with E-state index < -0.39 is 10.0 Å². The van der Waals surface area contributed by atoms with Crippen molar-refractivity contribution >= 4 is 53.4 Å². The number of aromatic nitrogens is 1. The predicted octanol–water partition coefficient (Wildman–Crippen LogP) is 2.10. The number of para-hydroxylation sites is 1. The Labute approximate surface area is 153 Å². The number of nitrogens with zero attached hydrogens (tertiary/aromatic N) is 3. The molecule has 130 valence electrons. The Balaban J connectivity index is 1.93. The van der Waals surface area contributed by atoms with Gasteiger partial charge in [0.05, 0.1) is 22.4 Å². The molecule has 0 N–H and O–H groups in total. The molecule has 3 rings (SSSR count). The number of aryl methyl sites for hydroxylation is 1. The lowest BCUT2D eigenvalue weighted by atomic mass is 9.99. The average Bonchev–Trinajstić information content (AvgIpc) is 2.84. The van der Waals surface area contributed by atoms with E-state index in [-0.39, 0.29) is 18.4 Å². The van der Waals surface area contributed by atoms with Crippen molar-refractivity contribution < 1.29 is 13.2 Å². The van der Waals surface area contributed by atoms with Crippen molar-refractivity contribution in [3.63, 3.8) is 0 Å². The molecule has 1 aliphatic heterocycles. The summed E-state index contributed by atoms with van der Waals surface area (Å²) in [5, 5.41) is 0. The van der Waals surface area contributed by atoms with Crippen LogP contribution in [0.4, 0.5) is 0 Å². The second kappa shape index (κ2) is 6.70. The second-order valence-electron chi connectivity index (χ2n) is 5.94. The standard InChI is InChI=1S/C15H18BrN3O3S2/c1-18-13-11(16)6-3-7-12(13)23-15(18)17-14(20)10-5-4-8-19(9-10)24(2,21)22/h3,6-7,10H,4-5,8-9H2,1-2H3. The molecule has 0 bridgehead atoms. The van der Waals surface area contributed by atoms with E-state index in [2.05, 4.69) is 20.9 Å². The lowest BCUT2D eigenvalue weighted by molar-refractivity contribution is -0.122. The van der Waals surface area contributed by atoms with Crippen molar-refractivity contribution in [2.45, 2.75) is 12.8 Å². The van der Waals surface area contributed by atoms with Crippen molar-refractivity contribution in [1.29, 1.82) is 0 Å². The van der Waals surface area contributed by atoms with E-state index in [1.54, 1.807) is 0 Å². The first kappa shape index (κ1) is 17.8. The number of fused-ring (bicyclic) bond motifs is 1. The Hall–Kier alpha value is -1.03. The molecule has 2 heterocycles. The fourth-order valence-corrected chi connectivity index (χ4v) is 5.62. The molecule has 2 aromatic rings. The van der Waals surface area contributed by atoms with Gasteiger partial charge in [-0.2, -0.15) is 4.99 Å². The molecule has 1 aromatic carbocycles. The Morgan fingerprint density at radius 3 is 2.83 bits per heavy atom. The Kier molecular flexibility index (Phi) is 4.96. The molecule has 1 atom stereocenters. The summed E-state index contributed by atoms with van der Waals surface area (Å²) in [5.74, 6) is -0.622. The number of benzene rings is 1. The number of rotatable bonds is 2. The summed E-state index contributed by atoms with van der Waals surface area (Å²) >= 11 is 4.97. The Morgan fingerprint density at radius 1 is 1.42 bits per heavy atom. The van der Waals surface area contributed by atoms with Crippen LogP contribution in [0.5, 0.6) is 0 Å². The van der Waals surface area contributed by atoms with Crippen LogP contribution in [0.3, 0.4) is 0 Å². The third-order valence-electron chi connectivity index (χ3n) is 4.18. The summed E-state index contributed by atoms with van der Waals surface area (Å²) in [7, 11) is -1.39. The van der Waals surface area contributed by atoms with Crippen molar-refractivity contribution in [3.8, 4) is 0 Å². The summed E-state index contributed by atoms with van der Waals surface area (Å²) in [4.78, 5) is 17.4. The molecular formula is C15H18BrN3O3S2. The SMILES string of the molecule is Cn1c(=NC(=O)C2CCCN(S(C)(=O)=O)C2)sc2cccc(Br)c21. The van der Waals surface area contributed by atoms with Gasteiger partial charge in [0.25, 0.3) is 5.91 Å². The van der Waals surface area contributed by atoms with Crippen molar-refractivity contribution in [2.75, 3.05) is 19.3 Å². The van der Waals surface area contributed by atoms with Gasteiger partial charge in [0, 0.05) is 24.6 Å². The van der Waals surface area contributed by atoms with Crippen molar-refractivity contribution in [1.82, 2.24) is 8.87 Å². The normalized spacial score (nSPS) is 20.6. The van der Waals surface area contributed by atoms with Gasteiger partial charge in [0.15, 0.2) is 4.80 Å². The Bertz CT molecular complexity index is 962. The lowest BCUT2D eigenvalue weighted by Crippen LogP contribution is -2.41. The number of amides is 1. The first-order valence-corrected chi connectivity index (χ1v) is 11.0. The van der Waals surface area contributed by atoms with Gasteiger partial charge >= 0.3 is 0 Å². The van der Waals surface area contributed by atoms with E-state index in [0.29, 0.717) is 24.2 Å². The molecule has 1 amide bonds. The van der Waals surface area contributed by atoms with E-state index in [9.17, 15) is 13.2 Å². The van der Waals surface area contributed by atoms with E-state index in [0.717, 1.165) is 14.7 Å². The maximum Gasteiger partial charge on any atom is 0.252 e. The first-order chi connectivity index (χ1) is 11.3. The summed E-state index contributed by atoms with van der Waals surface area (Å²) in [6.45, 7) is 0.700. The number of thiazole rings is 1. The predicted molar refractivity (Wildman–Crippen MR) is 98.2 cm³/mol. The molecule has 1 unspecified atom stereocenters. The van der Waals surface area contributed by atoms with Crippen molar-refractivity contribution in [2.24, 2.45) is 18.0 Å². The maximum atomic E-state index is 12.5. The smallest absolute Gasteiger partial charge is 0.252 e. The zero-order valence-electron chi connectivity index (χ0n) is 13.4. The molecule has 0 saturated carbocycles. The molecule has 9 heteroatoms. The number of carbonyl (C=O) groups is 1. The highest BCUT2D eigenvalue weighted by Crippen LogP contribution is 2.25. The molecule has 6 nitrogen and oxygen atoms in total. The van der Waals surface area contributed by atoms with Gasteiger partial charge in [-0.15, -0.1) is 0 Å². The maximum absolute atomic E-state index is 12.5. The van der Waals surface area contributed by atoms with Crippen LogP contribution in [0.1, 0.15) is 12.8 Å². The number of halogens is 1. The van der Waals surface area contributed by atoms with Crippen LogP contribution < -0.4 is 4.80 Å². The van der Waals surface area contributed by atoms with E-state index in [4.69, 9.17) is 0 Å². The van der Waals surface area contributed by atoms with Crippen LogP contribution in [0, 0.1) is 5.92 Å². The van der Waals surface area contributed by atoms with Gasteiger partial charge in [0.1, 0.15) is 0 Å². The molecule has 1 saturated heterocycles. The van der Waals surface area contributed by atoms with Gasteiger partial charge in [-0.1, -0.05) is 17.4 Å². The highest BCUT2D eigenvalue weighted by Gasteiger charge is 2.30. The average molecular weight is 432 g/mol. The third-order valence-corrected chi connectivity index (χ3v) is 7.19. The van der Waals surface area contributed by atoms with E-state index >= 15 is 0 Å². The zero-order valence-corrected chi connectivity index (χ0v) is 16.6. The van der Waals surface area contributed by atoms with Gasteiger partial charge < -0.3 is 4.57 Å². The van der Waals surface area contributed by atoms with Crippen LogP contribution in [-0.2, 0) is 21.9 Å². The highest BCUT2D eigenvalue weighted by molar-refractivity contribution is 9.10. The molecule has 0 aliphatic carbocycles. The third kappa shape index (κ3) is 3.49. The van der Waals surface area contributed by atoms with Crippen LogP contribution >= 0.6 is 27.3 Å². The second-order valence-corrected chi connectivity index (χ2v) is 9.79. The number of piperidine rings is 1. The number of carbonyl (C=O) groups excluding carboxylic acids is 1. The van der Waals surface area contributed by atoms with Gasteiger partial charge in [-0.05, 0) is 40.9 Å². The topological polar surface area (TPSA) is 71.7 Å². The summed E-state index contributed by atoms with van der Waals surface area (Å²) < 4.78 is 28.7. The number of hydrogen-bond donors (Lipinski definition) is 0. The lowest BCUT2D eigenvalue weighted by Gasteiger charge is -2.28. The molecule has 1 fully saturated rings. The summed E-state index contributed by atoms with van der Waals surface area (Å²) in [6.07, 6.45) is 2.54. The van der Waals surface area contributed by atoms with E-state index in [1.807, 2.05) is 29.8 Å². The highest BCUT2D eigenvalue weighted by atomic mass is 79.9. The van der Waals surface area contributed by atoms with Crippen molar-refractivity contribution in [3.05, 3.63) is 27.5 Å². The minimum Gasteiger partial charge on any atom is -0.318 e. The Morgan fingerprint density at radius 2 is 2.17 bits per heavy atom. The largest absolute Gasteiger partial charge is 0.318 e. The van der Waals surface area contributed by atoms with Crippen LogP contribution in [0.25, 0.3) is 10.2 Å². The molecule has 0 radical (unpaired) electrons. The van der Waals surface area contributed by atoms with Crippen LogP contribution in [0.15, 0.2) is 27.7 Å². The number of sulfonamides is 1. The fraction of sp³-hybridized carbons (Fsp3) is 0.467. The minimum absolute atomic E-state index is 0.222. The van der Waals surface area contributed by atoms with Crippen LogP contribution in [-0.4, -0.2) is 42.5 Å². The van der Waals surface area contributed by atoms with Gasteiger partial charge in [0.2, 0.25) is 10.0 Å². The minimum atomic E-state index is -3.27. The fourth-order valence-electron chi connectivity index (χ4n) is 2.89. The van der Waals surface area contributed by atoms with Gasteiger partial charge in [-0.3, -0.25) is 4.79 Å².